The van der Waals surface area contributed by atoms with Gasteiger partial charge in [-0.2, -0.15) is 0 Å². The molecular formula is C13H11ClFNO4S2. The van der Waals surface area contributed by atoms with E-state index in [-0.39, 0.29) is 20.5 Å². The lowest BCUT2D eigenvalue weighted by atomic mass is 10.3. The van der Waals surface area contributed by atoms with Crippen molar-refractivity contribution in [2.75, 3.05) is 11.0 Å². The smallest absolute Gasteiger partial charge is 0.261 e. The molecule has 0 bridgehead atoms. The minimum atomic E-state index is -4.06. The highest BCUT2D eigenvalue weighted by molar-refractivity contribution is 7.92. The zero-order valence-electron chi connectivity index (χ0n) is 11.2. The molecule has 0 aliphatic heterocycles. The summed E-state index contributed by atoms with van der Waals surface area (Å²) in [4.78, 5) is -0.209. The van der Waals surface area contributed by atoms with E-state index in [1.165, 1.54) is 18.2 Å². The zero-order valence-corrected chi connectivity index (χ0v) is 13.6. The van der Waals surface area contributed by atoms with Gasteiger partial charge in [-0.25, -0.2) is 21.2 Å². The van der Waals surface area contributed by atoms with Crippen molar-refractivity contribution in [3.63, 3.8) is 0 Å². The lowest BCUT2D eigenvalue weighted by molar-refractivity contribution is 0.596. The van der Waals surface area contributed by atoms with Crippen molar-refractivity contribution >= 4 is 37.1 Å². The third-order valence-corrected chi connectivity index (χ3v) is 5.56. The van der Waals surface area contributed by atoms with Gasteiger partial charge in [0.1, 0.15) is 0 Å². The predicted molar refractivity (Wildman–Crippen MR) is 81.8 cm³/mol. The van der Waals surface area contributed by atoms with Crippen LogP contribution in [0.3, 0.4) is 0 Å². The van der Waals surface area contributed by atoms with E-state index in [0.29, 0.717) is 0 Å². The lowest BCUT2D eigenvalue weighted by Crippen LogP contribution is -2.14. The third kappa shape index (κ3) is 3.57. The minimum absolute atomic E-state index is 0.0135. The van der Waals surface area contributed by atoms with Crippen molar-refractivity contribution in [2.24, 2.45) is 0 Å². The molecule has 0 heterocycles. The van der Waals surface area contributed by atoms with Crippen LogP contribution >= 0.6 is 11.6 Å². The summed E-state index contributed by atoms with van der Waals surface area (Å²) < 4.78 is 62.8. The Balaban J connectivity index is 2.37. The molecule has 0 saturated carbocycles. The maximum absolute atomic E-state index is 13.7. The van der Waals surface area contributed by atoms with Gasteiger partial charge in [-0.3, -0.25) is 4.72 Å². The number of sulfonamides is 1. The van der Waals surface area contributed by atoms with Crippen molar-refractivity contribution in [1.29, 1.82) is 0 Å². The molecule has 0 spiro atoms. The van der Waals surface area contributed by atoms with Crippen LogP contribution in [0.4, 0.5) is 10.1 Å². The van der Waals surface area contributed by atoms with Gasteiger partial charge in [-0.1, -0.05) is 17.7 Å². The number of anilines is 1. The number of halogens is 2. The summed E-state index contributed by atoms with van der Waals surface area (Å²) in [7, 11) is -7.49. The third-order valence-electron chi connectivity index (χ3n) is 2.76. The van der Waals surface area contributed by atoms with E-state index in [9.17, 15) is 21.2 Å². The second-order valence-corrected chi connectivity index (χ2v) is 8.56. The summed E-state index contributed by atoms with van der Waals surface area (Å²) in [5.41, 5.74) is -0.292. The van der Waals surface area contributed by atoms with E-state index in [1.54, 1.807) is 0 Å². The number of hydrogen-bond donors (Lipinski definition) is 1. The summed E-state index contributed by atoms with van der Waals surface area (Å²) in [6.45, 7) is 0. The molecule has 0 fully saturated rings. The van der Waals surface area contributed by atoms with Crippen LogP contribution in [0.2, 0.25) is 5.02 Å². The number of sulfone groups is 1. The molecule has 0 aromatic heterocycles. The Morgan fingerprint density at radius 2 is 1.50 bits per heavy atom. The summed E-state index contributed by atoms with van der Waals surface area (Å²) in [5.74, 6) is -0.888. The first-order chi connectivity index (χ1) is 10.1. The van der Waals surface area contributed by atoms with Crippen LogP contribution in [-0.4, -0.2) is 23.1 Å². The molecule has 22 heavy (non-hydrogen) atoms. The monoisotopic (exact) mass is 363 g/mol. The Hall–Kier alpha value is -1.64. The molecule has 2 rings (SSSR count). The fraction of sp³-hybridized carbons (Fsp3) is 0.0769. The zero-order chi connectivity index (χ0) is 16.5. The highest BCUT2D eigenvalue weighted by Crippen LogP contribution is 2.25. The van der Waals surface area contributed by atoms with Crippen molar-refractivity contribution in [3.8, 4) is 0 Å². The Morgan fingerprint density at radius 1 is 0.955 bits per heavy atom. The average molecular weight is 364 g/mol. The summed E-state index contributed by atoms with van der Waals surface area (Å²) in [6, 6.07) is 8.49. The van der Waals surface area contributed by atoms with E-state index in [4.69, 9.17) is 11.6 Å². The Kier molecular flexibility index (Phi) is 4.46. The normalized spacial score (nSPS) is 12.1. The van der Waals surface area contributed by atoms with Crippen LogP contribution in [0.1, 0.15) is 0 Å². The second kappa shape index (κ2) is 5.86. The molecule has 0 unspecified atom stereocenters. The minimum Gasteiger partial charge on any atom is -0.277 e. The molecule has 9 heteroatoms. The van der Waals surface area contributed by atoms with Gasteiger partial charge in [-0.05, 0) is 36.4 Å². The Labute approximate surface area is 132 Å². The SMILES string of the molecule is CS(=O)(=O)c1ccc(S(=O)(=O)Nc2cccc(Cl)c2F)cc1. The van der Waals surface area contributed by atoms with Gasteiger partial charge in [0, 0.05) is 6.26 Å². The maximum atomic E-state index is 13.7. The predicted octanol–water partition coefficient (Wildman–Crippen LogP) is 2.68. The summed E-state index contributed by atoms with van der Waals surface area (Å²) in [6.07, 6.45) is 1.01. The molecule has 0 atom stereocenters. The number of nitrogens with one attached hydrogen (secondary N) is 1. The van der Waals surface area contributed by atoms with Crippen molar-refractivity contribution in [1.82, 2.24) is 0 Å². The summed E-state index contributed by atoms with van der Waals surface area (Å²) >= 11 is 5.58. The van der Waals surface area contributed by atoms with Crippen LogP contribution in [0, 0.1) is 5.82 Å². The van der Waals surface area contributed by atoms with E-state index >= 15 is 0 Å². The topological polar surface area (TPSA) is 80.3 Å². The van der Waals surface area contributed by atoms with Crippen molar-refractivity contribution < 1.29 is 21.2 Å². The van der Waals surface area contributed by atoms with Gasteiger partial charge in [0.25, 0.3) is 10.0 Å². The molecule has 1 N–H and O–H groups in total. The quantitative estimate of drug-likeness (QED) is 0.905. The van der Waals surface area contributed by atoms with E-state index < -0.39 is 25.7 Å². The molecule has 0 aliphatic rings. The van der Waals surface area contributed by atoms with E-state index in [1.807, 2.05) is 0 Å². The van der Waals surface area contributed by atoms with Crippen LogP contribution in [0.15, 0.2) is 52.3 Å². The first-order valence-electron chi connectivity index (χ1n) is 5.88. The fourth-order valence-corrected chi connectivity index (χ4v) is 3.52. The Morgan fingerprint density at radius 3 is 2.05 bits per heavy atom. The van der Waals surface area contributed by atoms with Crippen LogP contribution < -0.4 is 4.72 Å². The van der Waals surface area contributed by atoms with Crippen molar-refractivity contribution in [2.45, 2.75) is 9.79 Å². The van der Waals surface area contributed by atoms with Gasteiger partial charge < -0.3 is 0 Å². The Bertz CT molecular complexity index is 910. The molecule has 0 amide bonds. The number of benzene rings is 2. The van der Waals surface area contributed by atoms with Crippen LogP contribution in [0.5, 0.6) is 0 Å². The van der Waals surface area contributed by atoms with E-state index in [0.717, 1.165) is 30.5 Å². The summed E-state index contributed by atoms with van der Waals surface area (Å²) in [5, 5.41) is -0.215. The van der Waals surface area contributed by atoms with Crippen molar-refractivity contribution in [3.05, 3.63) is 53.3 Å². The standard InChI is InChI=1S/C13H11ClFNO4S2/c1-21(17,18)9-5-7-10(8-6-9)22(19,20)16-12-4-2-3-11(14)13(12)15/h2-8,16H,1H3. The molecule has 2 aromatic rings. The van der Waals surface area contributed by atoms with Gasteiger partial charge >= 0.3 is 0 Å². The van der Waals surface area contributed by atoms with Gasteiger partial charge in [-0.15, -0.1) is 0 Å². The molecular weight excluding hydrogens is 353 g/mol. The van der Waals surface area contributed by atoms with Gasteiger partial charge in [0.05, 0.1) is 20.5 Å². The van der Waals surface area contributed by atoms with Crippen LogP contribution in [0.25, 0.3) is 0 Å². The van der Waals surface area contributed by atoms with Crippen LogP contribution in [-0.2, 0) is 19.9 Å². The molecule has 5 nitrogen and oxygen atoms in total. The fourth-order valence-electron chi connectivity index (χ4n) is 1.65. The highest BCUT2D eigenvalue weighted by atomic mass is 35.5. The number of hydrogen-bond acceptors (Lipinski definition) is 4. The molecule has 0 aliphatic carbocycles. The maximum Gasteiger partial charge on any atom is 0.261 e. The van der Waals surface area contributed by atoms with Gasteiger partial charge in [0.15, 0.2) is 15.7 Å². The molecule has 0 saturated heterocycles. The number of rotatable bonds is 4. The van der Waals surface area contributed by atoms with E-state index in [2.05, 4.69) is 4.72 Å². The molecule has 118 valence electrons. The van der Waals surface area contributed by atoms with Gasteiger partial charge in [0.2, 0.25) is 0 Å². The second-order valence-electron chi connectivity index (χ2n) is 4.45. The molecule has 0 radical (unpaired) electrons. The first-order valence-corrected chi connectivity index (χ1v) is 9.63. The highest BCUT2D eigenvalue weighted by Gasteiger charge is 2.18. The largest absolute Gasteiger partial charge is 0.277 e. The molecule has 2 aromatic carbocycles. The first kappa shape index (κ1) is 16.7. The average Bonchev–Trinajstić information content (AvgIpc) is 2.43. The lowest BCUT2D eigenvalue weighted by Gasteiger charge is -2.10.